The van der Waals surface area contributed by atoms with Crippen LogP contribution in [0.25, 0.3) is 11.4 Å². The molecule has 3 aromatic rings. The lowest BCUT2D eigenvalue weighted by atomic mass is 9.67. The molecule has 0 saturated heterocycles. The van der Waals surface area contributed by atoms with Gasteiger partial charge in [-0.2, -0.15) is 4.98 Å². The van der Waals surface area contributed by atoms with E-state index in [9.17, 15) is 5.11 Å². The van der Waals surface area contributed by atoms with Crippen LogP contribution in [-0.4, -0.2) is 39.7 Å². The average Bonchev–Trinajstić information content (AvgIpc) is 3.33. The molecule has 0 amide bonds. The Morgan fingerprint density at radius 2 is 1.76 bits per heavy atom. The van der Waals surface area contributed by atoms with Crippen molar-refractivity contribution >= 4 is 0 Å². The van der Waals surface area contributed by atoms with Gasteiger partial charge in [0.05, 0.1) is 6.61 Å². The first-order chi connectivity index (χ1) is 16.5. The molecular weight excluding hydrogens is 428 g/mol. The van der Waals surface area contributed by atoms with Gasteiger partial charge in [0, 0.05) is 12.0 Å². The Hall–Kier alpha value is -2.70. The fraction of sp³-hybridized carbons (Fsp3) is 0.500. The second-order valence-electron chi connectivity index (χ2n) is 9.66. The van der Waals surface area contributed by atoms with Crippen LogP contribution in [0.4, 0.5) is 0 Å². The number of benzene rings is 2. The predicted octanol–water partition coefficient (Wildman–Crippen LogP) is 5.31. The third-order valence-corrected chi connectivity index (χ3v) is 7.06. The average molecular weight is 465 g/mol. The summed E-state index contributed by atoms with van der Waals surface area (Å²) in [7, 11) is 0. The zero-order valence-corrected chi connectivity index (χ0v) is 20.3. The molecule has 0 aliphatic heterocycles. The van der Waals surface area contributed by atoms with Gasteiger partial charge in [-0.1, -0.05) is 54.8 Å². The molecule has 1 aliphatic rings. The summed E-state index contributed by atoms with van der Waals surface area (Å²) in [5.74, 6) is 1.97. The van der Waals surface area contributed by atoms with Crippen molar-refractivity contribution in [1.29, 1.82) is 0 Å². The minimum absolute atomic E-state index is 0.0500. The SMILES string of the molecule is Cc1cc(-c2noc(CCCC3(c4ccccc4)CCCCC3)n2)cc(C)c1OCC(O)CO. The van der Waals surface area contributed by atoms with Crippen molar-refractivity contribution in [3.05, 3.63) is 65.0 Å². The zero-order valence-electron chi connectivity index (χ0n) is 20.3. The Bertz CT molecular complexity index is 1030. The van der Waals surface area contributed by atoms with Crippen molar-refractivity contribution in [2.45, 2.75) is 76.7 Å². The number of hydrogen-bond donors (Lipinski definition) is 2. The second-order valence-corrected chi connectivity index (χ2v) is 9.66. The van der Waals surface area contributed by atoms with Gasteiger partial charge < -0.3 is 19.5 Å². The summed E-state index contributed by atoms with van der Waals surface area (Å²) in [6.07, 6.45) is 8.50. The van der Waals surface area contributed by atoms with Crippen molar-refractivity contribution in [2.75, 3.05) is 13.2 Å². The summed E-state index contributed by atoms with van der Waals surface area (Å²) in [5.41, 5.74) is 4.48. The molecule has 1 aliphatic carbocycles. The van der Waals surface area contributed by atoms with E-state index in [0.29, 0.717) is 17.5 Å². The van der Waals surface area contributed by atoms with Crippen molar-refractivity contribution in [3.63, 3.8) is 0 Å². The molecule has 4 rings (SSSR count). The van der Waals surface area contributed by atoms with E-state index in [-0.39, 0.29) is 18.6 Å². The van der Waals surface area contributed by atoms with Crippen LogP contribution in [-0.2, 0) is 11.8 Å². The molecule has 1 fully saturated rings. The van der Waals surface area contributed by atoms with Crippen LogP contribution in [0.1, 0.15) is 67.5 Å². The molecule has 34 heavy (non-hydrogen) atoms. The van der Waals surface area contributed by atoms with Gasteiger partial charge in [-0.3, -0.25) is 0 Å². The molecule has 1 aromatic heterocycles. The first kappa shape index (κ1) is 24.4. The summed E-state index contributed by atoms with van der Waals surface area (Å²) >= 11 is 0. The summed E-state index contributed by atoms with van der Waals surface area (Å²) in [6.45, 7) is 3.62. The Labute approximate surface area is 202 Å². The smallest absolute Gasteiger partial charge is 0.226 e. The van der Waals surface area contributed by atoms with Crippen LogP contribution in [0.3, 0.4) is 0 Å². The second kappa shape index (κ2) is 11.2. The van der Waals surface area contributed by atoms with Gasteiger partial charge in [0.15, 0.2) is 0 Å². The molecule has 0 spiro atoms. The van der Waals surface area contributed by atoms with Gasteiger partial charge in [-0.15, -0.1) is 0 Å². The van der Waals surface area contributed by atoms with E-state index in [1.54, 1.807) is 0 Å². The lowest BCUT2D eigenvalue weighted by Gasteiger charge is -2.38. The lowest BCUT2D eigenvalue weighted by molar-refractivity contribution is 0.0532. The van der Waals surface area contributed by atoms with E-state index in [1.165, 1.54) is 37.7 Å². The first-order valence-corrected chi connectivity index (χ1v) is 12.4. The highest BCUT2D eigenvalue weighted by Crippen LogP contribution is 2.43. The highest BCUT2D eigenvalue weighted by molar-refractivity contribution is 5.61. The van der Waals surface area contributed by atoms with E-state index >= 15 is 0 Å². The molecule has 6 heteroatoms. The van der Waals surface area contributed by atoms with E-state index in [1.807, 2.05) is 26.0 Å². The normalized spacial score (nSPS) is 16.4. The molecule has 182 valence electrons. The number of nitrogens with zero attached hydrogens (tertiary/aromatic N) is 2. The van der Waals surface area contributed by atoms with Crippen molar-refractivity contribution < 1.29 is 19.5 Å². The van der Waals surface area contributed by atoms with Gasteiger partial charge in [0.2, 0.25) is 11.7 Å². The number of aromatic nitrogens is 2. The molecule has 1 atom stereocenters. The maximum Gasteiger partial charge on any atom is 0.226 e. The molecule has 0 bridgehead atoms. The number of hydrogen-bond acceptors (Lipinski definition) is 6. The minimum atomic E-state index is -0.895. The maximum absolute atomic E-state index is 9.56. The molecule has 0 radical (unpaired) electrons. The number of aryl methyl sites for hydroxylation is 3. The summed E-state index contributed by atoms with van der Waals surface area (Å²) in [6, 6.07) is 14.9. The van der Waals surface area contributed by atoms with Crippen LogP contribution >= 0.6 is 0 Å². The van der Waals surface area contributed by atoms with E-state index < -0.39 is 6.10 Å². The van der Waals surface area contributed by atoms with Crippen LogP contribution in [0, 0.1) is 13.8 Å². The molecular formula is C28H36N2O4. The topological polar surface area (TPSA) is 88.6 Å². The molecule has 2 aromatic carbocycles. The van der Waals surface area contributed by atoms with Crippen LogP contribution < -0.4 is 4.74 Å². The van der Waals surface area contributed by atoms with E-state index in [2.05, 4.69) is 40.5 Å². The summed E-state index contributed by atoms with van der Waals surface area (Å²) in [5, 5.41) is 22.8. The van der Waals surface area contributed by atoms with Gasteiger partial charge >= 0.3 is 0 Å². The number of aliphatic hydroxyl groups excluding tert-OH is 2. The summed E-state index contributed by atoms with van der Waals surface area (Å²) < 4.78 is 11.3. The Balaban J connectivity index is 1.41. The first-order valence-electron chi connectivity index (χ1n) is 12.4. The van der Waals surface area contributed by atoms with Gasteiger partial charge in [-0.25, -0.2) is 0 Å². The third-order valence-electron chi connectivity index (χ3n) is 7.06. The molecule has 6 nitrogen and oxygen atoms in total. The highest BCUT2D eigenvalue weighted by Gasteiger charge is 2.33. The Morgan fingerprint density at radius 1 is 1.06 bits per heavy atom. The quantitative estimate of drug-likeness (QED) is 0.423. The van der Waals surface area contributed by atoms with Gasteiger partial charge in [0.25, 0.3) is 0 Å². The van der Waals surface area contributed by atoms with E-state index in [0.717, 1.165) is 36.0 Å². The monoisotopic (exact) mass is 464 g/mol. The zero-order chi connectivity index (χ0) is 24.0. The Kier molecular flexibility index (Phi) is 8.01. The molecule has 2 N–H and O–H groups in total. The highest BCUT2D eigenvalue weighted by atomic mass is 16.5. The minimum Gasteiger partial charge on any atom is -0.490 e. The summed E-state index contributed by atoms with van der Waals surface area (Å²) in [4.78, 5) is 4.67. The fourth-order valence-electron chi connectivity index (χ4n) is 5.29. The largest absolute Gasteiger partial charge is 0.490 e. The van der Waals surface area contributed by atoms with E-state index in [4.69, 9.17) is 14.4 Å². The van der Waals surface area contributed by atoms with Crippen molar-refractivity contribution in [1.82, 2.24) is 10.1 Å². The number of rotatable bonds is 10. The van der Waals surface area contributed by atoms with Crippen LogP contribution in [0.15, 0.2) is 47.0 Å². The van der Waals surface area contributed by atoms with Gasteiger partial charge in [0.1, 0.15) is 18.5 Å². The third kappa shape index (κ3) is 5.68. The molecule has 1 heterocycles. The fourth-order valence-corrected chi connectivity index (χ4v) is 5.29. The van der Waals surface area contributed by atoms with Crippen molar-refractivity contribution in [2.24, 2.45) is 0 Å². The van der Waals surface area contributed by atoms with Gasteiger partial charge in [-0.05, 0) is 73.8 Å². The number of aliphatic hydroxyl groups is 2. The molecule has 1 unspecified atom stereocenters. The molecule has 1 saturated carbocycles. The van der Waals surface area contributed by atoms with Crippen molar-refractivity contribution in [3.8, 4) is 17.1 Å². The predicted molar refractivity (Wildman–Crippen MR) is 132 cm³/mol. The maximum atomic E-state index is 9.56. The van der Waals surface area contributed by atoms with Crippen LogP contribution in [0.5, 0.6) is 5.75 Å². The lowest BCUT2D eigenvalue weighted by Crippen LogP contribution is -2.29. The Morgan fingerprint density at radius 3 is 2.44 bits per heavy atom. The number of ether oxygens (including phenoxy) is 1. The standard InChI is InChI=1S/C28H36N2O4/c1-20-16-22(17-21(2)26(20)33-19-24(32)18-31)27-29-25(34-30-27)12-9-15-28(13-7-4-8-14-28)23-10-5-3-6-11-23/h3,5-6,10-11,16-17,24,31-32H,4,7-9,12-15,18-19H2,1-2H3. The van der Waals surface area contributed by atoms with Crippen LogP contribution in [0.2, 0.25) is 0 Å².